The van der Waals surface area contributed by atoms with E-state index in [-0.39, 0.29) is 17.6 Å². The van der Waals surface area contributed by atoms with Gasteiger partial charge in [-0.1, -0.05) is 12.8 Å². The number of piperidine rings is 1. The SMILES string of the molecule is Nc1ccc(C2CCCC2)nc1C(=O)Nc1cnccc1N1CCC[C@H](N)C1. The number of carbonyl (C=O) groups excluding carboxylic acids is 1. The molecule has 1 saturated heterocycles. The molecular weight excluding hydrogens is 352 g/mol. The van der Waals surface area contributed by atoms with Gasteiger partial charge < -0.3 is 21.7 Å². The Morgan fingerprint density at radius 3 is 2.75 bits per heavy atom. The lowest BCUT2D eigenvalue weighted by Crippen LogP contribution is -2.43. The molecule has 0 bridgehead atoms. The van der Waals surface area contributed by atoms with Crippen molar-refractivity contribution in [2.24, 2.45) is 5.73 Å². The molecule has 2 aliphatic rings. The Bertz CT molecular complexity index is 849. The van der Waals surface area contributed by atoms with E-state index < -0.39 is 0 Å². The summed E-state index contributed by atoms with van der Waals surface area (Å²) < 4.78 is 0. The molecule has 2 aromatic rings. The molecule has 28 heavy (non-hydrogen) atoms. The van der Waals surface area contributed by atoms with Crippen molar-refractivity contribution in [3.05, 3.63) is 42.0 Å². The smallest absolute Gasteiger partial charge is 0.276 e. The van der Waals surface area contributed by atoms with E-state index in [4.69, 9.17) is 11.5 Å². The molecule has 1 aliphatic carbocycles. The molecule has 2 fully saturated rings. The van der Waals surface area contributed by atoms with E-state index in [9.17, 15) is 4.79 Å². The molecule has 148 valence electrons. The third kappa shape index (κ3) is 3.94. The van der Waals surface area contributed by atoms with Crippen molar-refractivity contribution < 1.29 is 4.79 Å². The fourth-order valence-electron chi connectivity index (χ4n) is 4.29. The van der Waals surface area contributed by atoms with Gasteiger partial charge in [0.1, 0.15) is 0 Å². The van der Waals surface area contributed by atoms with Crippen LogP contribution in [0.4, 0.5) is 17.1 Å². The Labute approximate surface area is 165 Å². The van der Waals surface area contributed by atoms with Gasteiger partial charge in [0, 0.05) is 36.9 Å². The maximum atomic E-state index is 13.0. The maximum absolute atomic E-state index is 13.0. The summed E-state index contributed by atoms with van der Waals surface area (Å²) in [6.45, 7) is 1.68. The molecule has 0 radical (unpaired) electrons. The number of nitrogens with two attached hydrogens (primary N) is 2. The van der Waals surface area contributed by atoms with Crippen molar-refractivity contribution in [1.29, 1.82) is 0 Å². The molecule has 0 unspecified atom stereocenters. The van der Waals surface area contributed by atoms with E-state index in [1.807, 2.05) is 12.1 Å². The van der Waals surface area contributed by atoms with Crippen molar-refractivity contribution in [3.63, 3.8) is 0 Å². The number of amides is 1. The van der Waals surface area contributed by atoms with Crippen molar-refractivity contribution in [1.82, 2.24) is 9.97 Å². The Morgan fingerprint density at radius 1 is 1.14 bits per heavy atom. The summed E-state index contributed by atoms with van der Waals surface area (Å²) in [6, 6.07) is 5.81. The minimum Gasteiger partial charge on any atom is -0.397 e. The van der Waals surface area contributed by atoms with Crippen molar-refractivity contribution >= 4 is 23.0 Å². The normalized spacial score (nSPS) is 20.3. The third-order valence-corrected chi connectivity index (χ3v) is 5.78. The number of nitrogen functional groups attached to an aromatic ring is 1. The first-order chi connectivity index (χ1) is 13.6. The lowest BCUT2D eigenvalue weighted by atomic mass is 10.0. The van der Waals surface area contributed by atoms with Gasteiger partial charge in [0.25, 0.3) is 5.91 Å². The fourth-order valence-corrected chi connectivity index (χ4v) is 4.29. The molecular formula is C21H28N6O. The summed E-state index contributed by atoms with van der Waals surface area (Å²) >= 11 is 0. The standard InChI is InChI=1S/C21H28N6O/c22-15-6-3-11-27(13-15)19-9-10-24-12-18(19)26-21(28)20-16(23)7-8-17(25-20)14-4-1-2-5-14/h7-10,12,14-15H,1-6,11,13,22-23H2,(H,26,28)/t15-/m0/s1. The van der Waals surface area contributed by atoms with Crippen molar-refractivity contribution in [2.75, 3.05) is 29.0 Å². The number of rotatable bonds is 4. The molecule has 1 atom stereocenters. The molecule has 7 heteroatoms. The van der Waals surface area contributed by atoms with Gasteiger partial charge in [0.05, 0.1) is 23.3 Å². The summed E-state index contributed by atoms with van der Waals surface area (Å²) in [7, 11) is 0. The van der Waals surface area contributed by atoms with Gasteiger partial charge in [-0.2, -0.15) is 0 Å². The highest BCUT2D eigenvalue weighted by Crippen LogP contribution is 2.34. The zero-order chi connectivity index (χ0) is 19.5. The highest BCUT2D eigenvalue weighted by Gasteiger charge is 2.23. The Balaban J connectivity index is 1.56. The van der Waals surface area contributed by atoms with Crippen LogP contribution in [0.1, 0.15) is 60.6 Å². The molecule has 7 nitrogen and oxygen atoms in total. The zero-order valence-corrected chi connectivity index (χ0v) is 16.1. The van der Waals surface area contributed by atoms with E-state index in [0.717, 1.165) is 50.2 Å². The zero-order valence-electron chi connectivity index (χ0n) is 16.1. The van der Waals surface area contributed by atoms with Gasteiger partial charge in [-0.15, -0.1) is 0 Å². The first-order valence-electron chi connectivity index (χ1n) is 10.1. The number of aromatic nitrogens is 2. The molecule has 1 amide bonds. The van der Waals surface area contributed by atoms with Gasteiger partial charge in [-0.25, -0.2) is 4.98 Å². The van der Waals surface area contributed by atoms with Crippen LogP contribution in [0.3, 0.4) is 0 Å². The molecule has 5 N–H and O–H groups in total. The second-order valence-electron chi connectivity index (χ2n) is 7.85. The number of carbonyl (C=O) groups is 1. The molecule has 1 saturated carbocycles. The summed E-state index contributed by atoms with van der Waals surface area (Å²) in [5.74, 6) is 0.129. The number of pyridine rings is 2. The average molecular weight is 380 g/mol. The predicted octanol–water partition coefficient (Wildman–Crippen LogP) is 2.90. The minimum absolute atomic E-state index is 0.144. The highest BCUT2D eigenvalue weighted by molar-refractivity contribution is 6.07. The molecule has 3 heterocycles. The van der Waals surface area contributed by atoms with E-state index in [0.29, 0.717) is 17.3 Å². The second kappa shape index (κ2) is 8.14. The van der Waals surface area contributed by atoms with Crippen LogP contribution in [0, 0.1) is 0 Å². The lowest BCUT2D eigenvalue weighted by Gasteiger charge is -2.33. The van der Waals surface area contributed by atoms with Crippen LogP contribution in [-0.2, 0) is 0 Å². The van der Waals surface area contributed by atoms with Gasteiger partial charge in [-0.05, 0) is 43.9 Å². The number of hydrogen-bond donors (Lipinski definition) is 3. The largest absolute Gasteiger partial charge is 0.397 e. The van der Waals surface area contributed by atoms with Gasteiger partial charge >= 0.3 is 0 Å². The van der Waals surface area contributed by atoms with Crippen molar-refractivity contribution in [2.45, 2.75) is 50.5 Å². The molecule has 0 spiro atoms. The van der Waals surface area contributed by atoms with Gasteiger partial charge in [-0.3, -0.25) is 9.78 Å². The lowest BCUT2D eigenvalue weighted by molar-refractivity contribution is 0.102. The monoisotopic (exact) mass is 380 g/mol. The molecule has 0 aromatic carbocycles. The first kappa shape index (κ1) is 18.7. The molecule has 2 aromatic heterocycles. The summed E-state index contributed by atoms with van der Waals surface area (Å²) in [5.41, 5.74) is 15.4. The summed E-state index contributed by atoms with van der Waals surface area (Å²) in [6.07, 6.45) is 10.2. The average Bonchev–Trinajstić information content (AvgIpc) is 3.23. The maximum Gasteiger partial charge on any atom is 0.276 e. The van der Waals surface area contributed by atoms with Crippen molar-refractivity contribution in [3.8, 4) is 0 Å². The van der Waals surface area contributed by atoms with E-state index in [1.54, 1.807) is 18.5 Å². The van der Waals surface area contributed by atoms with Crippen LogP contribution in [0.25, 0.3) is 0 Å². The Morgan fingerprint density at radius 2 is 1.96 bits per heavy atom. The summed E-state index contributed by atoms with van der Waals surface area (Å²) in [4.78, 5) is 24.0. The quantitative estimate of drug-likeness (QED) is 0.752. The number of hydrogen-bond acceptors (Lipinski definition) is 6. The predicted molar refractivity (Wildman–Crippen MR) is 111 cm³/mol. The van der Waals surface area contributed by atoms with Gasteiger partial charge in [0.15, 0.2) is 5.69 Å². The van der Waals surface area contributed by atoms with Crippen LogP contribution in [0.5, 0.6) is 0 Å². The fraction of sp³-hybridized carbons (Fsp3) is 0.476. The van der Waals surface area contributed by atoms with E-state index in [1.165, 1.54) is 12.8 Å². The Kier molecular flexibility index (Phi) is 5.43. The van der Waals surface area contributed by atoms with Crippen LogP contribution in [-0.4, -0.2) is 35.0 Å². The van der Waals surface area contributed by atoms with Crippen LogP contribution >= 0.6 is 0 Å². The number of nitrogens with zero attached hydrogens (tertiary/aromatic N) is 3. The minimum atomic E-state index is -0.298. The molecule has 4 rings (SSSR count). The second-order valence-corrected chi connectivity index (χ2v) is 7.85. The van der Waals surface area contributed by atoms with Gasteiger partial charge in [0.2, 0.25) is 0 Å². The highest BCUT2D eigenvalue weighted by atomic mass is 16.1. The first-order valence-corrected chi connectivity index (χ1v) is 10.1. The van der Waals surface area contributed by atoms with Crippen LogP contribution in [0.15, 0.2) is 30.6 Å². The van der Waals surface area contributed by atoms with E-state index >= 15 is 0 Å². The van der Waals surface area contributed by atoms with Crippen LogP contribution in [0.2, 0.25) is 0 Å². The number of anilines is 3. The van der Waals surface area contributed by atoms with E-state index in [2.05, 4.69) is 20.2 Å². The number of nitrogens with one attached hydrogen (secondary N) is 1. The molecule has 1 aliphatic heterocycles. The Hall–Kier alpha value is -2.67. The van der Waals surface area contributed by atoms with Crippen LogP contribution < -0.4 is 21.7 Å². The summed E-state index contributed by atoms with van der Waals surface area (Å²) in [5, 5.41) is 2.97. The topological polar surface area (TPSA) is 110 Å². The third-order valence-electron chi connectivity index (χ3n) is 5.78.